The van der Waals surface area contributed by atoms with Gasteiger partial charge in [-0.25, -0.2) is 9.17 Å². The molecular weight excluding hydrogens is 380 g/mol. The van der Waals surface area contributed by atoms with E-state index in [-0.39, 0.29) is 6.61 Å². The molecule has 0 amide bonds. The van der Waals surface area contributed by atoms with Crippen LogP contribution < -0.4 is 0 Å². The Balaban J connectivity index is 1.75. The molecule has 2 heterocycles. The van der Waals surface area contributed by atoms with Gasteiger partial charge >= 0.3 is 0 Å². The SMILES string of the molecule is CC1(Cn2ccnc2)OCC(CCc2ccc(Cl)cc2)(OS(C)(=O)=O)O1. The maximum atomic E-state index is 11.8. The van der Waals surface area contributed by atoms with Crippen LogP contribution in [0.2, 0.25) is 5.02 Å². The third kappa shape index (κ3) is 5.05. The Morgan fingerprint density at radius 3 is 2.69 bits per heavy atom. The van der Waals surface area contributed by atoms with Crippen molar-refractivity contribution in [3.8, 4) is 0 Å². The van der Waals surface area contributed by atoms with Crippen LogP contribution in [0.25, 0.3) is 0 Å². The highest BCUT2D eigenvalue weighted by Crippen LogP contribution is 2.37. The average Bonchev–Trinajstić information content (AvgIpc) is 3.14. The Labute approximate surface area is 158 Å². The Morgan fingerprint density at radius 2 is 2.08 bits per heavy atom. The number of aryl methyl sites for hydroxylation is 1. The molecule has 7 nitrogen and oxygen atoms in total. The van der Waals surface area contributed by atoms with Gasteiger partial charge in [-0.05, 0) is 31.0 Å². The second-order valence-corrected chi connectivity index (χ2v) is 8.60. The van der Waals surface area contributed by atoms with Crippen LogP contribution in [0.4, 0.5) is 0 Å². The molecule has 0 aliphatic carbocycles. The van der Waals surface area contributed by atoms with Crippen LogP contribution in [0.1, 0.15) is 18.9 Å². The van der Waals surface area contributed by atoms with Gasteiger partial charge in [0.05, 0.1) is 19.1 Å². The Hall–Kier alpha value is -1.45. The van der Waals surface area contributed by atoms with E-state index >= 15 is 0 Å². The number of hydrogen-bond acceptors (Lipinski definition) is 6. The van der Waals surface area contributed by atoms with Crippen molar-refractivity contribution < 1.29 is 22.1 Å². The molecule has 1 saturated heterocycles. The fraction of sp³-hybridized carbons (Fsp3) is 0.471. The van der Waals surface area contributed by atoms with Crippen LogP contribution in [0.15, 0.2) is 43.0 Å². The van der Waals surface area contributed by atoms with E-state index in [4.69, 9.17) is 25.3 Å². The van der Waals surface area contributed by atoms with Gasteiger partial charge in [0.25, 0.3) is 10.1 Å². The van der Waals surface area contributed by atoms with Crippen LogP contribution in [-0.4, -0.2) is 42.4 Å². The fourth-order valence-electron chi connectivity index (χ4n) is 2.97. The summed E-state index contributed by atoms with van der Waals surface area (Å²) in [5.74, 6) is -2.39. The number of halogens is 1. The summed E-state index contributed by atoms with van der Waals surface area (Å²) in [6.45, 7) is 2.13. The van der Waals surface area contributed by atoms with Gasteiger partial charge in [0.1, 0.15) is 6.61 Å². The first-order valence-corrected chi connectivity index (χ1v) is 10.3. The van der Waals surface area contributed by atoms with E-state index in [9.17, 15) is 8.42 Å². The highest BCUT2D eigenvalue weighted by atomic mass is 35.5. The molecule has 26 heavy (non-hydrogen) atoms. The smallest absolute Gasteiger partial charge is 0.267 e. The highest BCUT2D eigenvalue weighted by Gasteiger charge is 2.51. The van der Waals surface area contributed by atoms with E-state index in [0.29, 0.717) is 24.4 Å². The number of aromatic nitrogens is 2. The molecule has 1 aliphatic heterocycles. The van der Waals surface area contributed by atoms with Crippen LogP contribution in [0.3, 0.4) is 0 Å². The predicted octanol–water partition coefficient (Wildman–Crippen LogP) is 2.60. The predicted molar refractivity (Wildman–Crippen MR) is 96.1 cm³/mol. The molecule has 0 radical (unpaired) electrons. The monoisotopic (exact) mass is 400 g/mol. The van der Waals surface area contributed by atoms with E-state index in [1.165, 1.54) is 0 Å². The summed E-state index contributed by atoms with van der Waals surface area (Å²) >= 11 is 5.90. The second kappa shape index (κ2) is 7.28. The van der Waals surface area contributed by atoms with Gasteiger partial charge in [-0.3, -0.25) is 0 Å². The van der Waals surface area contributed by atoms with Crippen molar-refractivity contribution in [2.24, 2.45) is 0 Å². The van der Waals surface area contributed by atoms with Crippen molar-refractivity contribution in [2.75, 3.05) is 12.9 Å². The molecule has 3 rings (SSSR count). The zero-order chi connectivity index (χ0) is 18.8. The molecule has 0 spiro atoms. The van der Waals surface area contributed by atoms with Crippen molar-refractivity contribution in [1.29, 1.82) is 0 Å². The molecule has 9 heteroatoms. The summed E-state index contributed by atoms with van der Waals surface area (Å²) in [6.07, 6.45) is 6.95. The van der Waals surface area contributed by atoms with Crippen LogP contribution in [0, 0.1) is 0 Å². The Bertz CT molecular complexity index is 841. The maximum Gasteiger partial charge on any atom is 0.267 e. The minimum absolute atomic E-state index is 0.0128. The van der Waals surface area contributed by atoms with Crippen molar-refractivity contribution in [2.45, 2.75) is 37.9 Å². The molecule has 1 aromatic heterocycles. The first kappa shape index (κ1) is 19.3. The molecule has 0 saturated carbocycles. The first-order chi connectivity index (χ1) is 12.2. The van der Waals surface area contributed by atoms with Crippen molar-refractivity contribution in [1.82, 2.24) is 9.55 Å². The first-order valence-electron chi connectivity index (χ1n) is 8.12. The van der Waals surface area contributed by atoms with Crippen LogP contribution >= 0.6 is 11.6 Å². The van der Waals surface area contributed by atoms with Gasteiger partial charge in [0.2, 0.25) is 5.79 Å². The lowest BCUT2D eigenvalue weighted by Gasteiger charge is -2.29. The lowest BCUT2D eigenvalue weighted by molar-refractivity contribution is -0.232. The third-order valence-corrected chi connectivity index (χ3v) is 4.90. The fourth-order valence-corrected chi connectivity index (χ4v) is 3.82. The van der Waals surface area contributed by atoms with E-state index in [0.717, 1.165) is 11.8 Å². The number of hydrogen-bond donors (Lipinski definition) is 0. The second-order valence-electron chi connectivity index (χ2n) is 6.58. The molecule has 2 unspecified atom stereocenters. The summed E-state index contributed by atoms with van der Waals surface area (Å²) < 4.78 is 42.5. The minimum Gasteiger partial charge on any atom is -0.343 e. The third-order valence-electron chi connectivity index (χ3n) is 4.04. The van der Waals surface area contributed by atoms with Gasteiger partial charge in [-0.1, -0.05) is 23.7 Å². The van der Waals surface area contributed by atoms with Crippen molar-refractivity contribution in [3.63, 3.8) is 0 Å². The van der Waals surface area contributed by atoms with Crippen molar-refractivity contribution >= 4 is 21.7 Å². The molecule has 1 aliphatic rings. The summed E-state index contributed by atoms with van der Waals surface area (Å²) in [5.41, 5.74) is 0.998. The molecule has 0 N–H and O–H groups in total. The molecule has 1 fully saturated rings. The minimum atomic E-state index is -3.73. The summed E-state index contributed by atoms with van der Waals surface area (Å²) in [7, 11) is -3.73. The van der Waals surface area contributed by atoms with Crippen LogP contribution in [0.5, 0.6) is 0 Å². The lowest BCUT2D eigenvalue weighted by atomic mass is 10.1. The van der Waals surface area contributed by atoms with E-state index in [2.05, 4.69) is 4.98 Å². The maximum absolute atomic E-state index is 11.8. The molecule has 2 aromatic rings. The summed E-state index contributed by atoms with van der Waals surface area (Å²) in [5, 5.41) is 0.643. The molecular formula is C17H21ClN2O5S. The Morgan fingerprint density at radius 1 is 1.35 bits per heavy atom. The number of imidazole rings is 1. The number of nitrogens with zero attached hydrogens (tertiary/aromatic N) is 2. The average molecular weight is 401 g/mol. The quantitative estimate of drug-likeness (QED) is 0.664. The normalized spacial score (nSPS) is 26.3. The van der Waals surface area contributed by atoms with E-state index < -0.39 is 21.7 Å². The number of benzene rings is 1. The lowest BCUT2D eigenvalue weighted by Crippen LogP contribution is -2.41. The van der Waals surface area contributed by atoms with Gasteiger partial charge in [0.15, 0.2) is 5.79 Å². The zero-order valence-electron chi connectivity index (χ0n) is 14.6. The van der Waals surface area contributed by atoms with E-state index in [1.54, 1.807) is 42.3 Å². The number of rotatable bonds is 7. The van der Waals surface area contributed by atoms with Gasteiger partial charge < -0.3 is 14.0 Å². The van der Waals surface area contributed by atoms with Gasteiger partial charge in [0, 0.05) is 23.8 Å². The summed E-state index contributed by atoms with van der Waals surface area (Å²) in [4.78, 5) is 3.99. The molecule has 1 aromatic carbocycles. The molecule has 0 bridgehead atoms. The van der Waals surface area contributed by atoms with Crippen molar-refractivity contribution in [3.05, 3.63) is 53.6 Å². The largest absolute Gasteiger partial charge is 0.343 e. The topological polar surface area (TPSA) is 79.7 Å². The highest BCUT2D eigenvalue weighted by molar-refractivity contribution is 7.86. The van der Waals surface area contributed by atoms with E-state index in [1.807, 2.05) is 12.1 Å². The van der Waals surface area contributed by atoms with Gasteiger partial charge in [-0.15, -0.1) is 0 Å². The number of ether oxygens (including phenoxy) is 2. The standard InChI is InChI=1S/C17H21ClN2O5S/c1-16(11-20-10-9-19-13-20)23-12-17(24-16,25-26(2,21)22)8-7-14-3-5-15(18)6-4-14/h3-6,9-10,13H,7-8,11-12H2,1-2H3. The Kier molecular flexibility index (Phi) is 5.41. The zero-order valence-corrected chi connectivity index (χ0v) is 16.2. The van der Waals surface area contributed by atoms with Crippen LogP contribution in [-0.2, 0) is 36.7 Å². The summed E-state index contributed by atoms with van der Waals surface area (Å²) in [6, 6.07) is 7.35. The molecule has 2 atom stereocenters. The van der Waals surface area contributed by atoms with Gasteiger partial charge in [-0.2, -0.15) is 8.42 Å². The molecule has 142 valence electrons.